The minimum atomic E-state index is 0.0309. The minimum Gasteiger partial charge on any atom is -0.497 e. The third kappa shape index (κ3) is 5.39. The van der Waals surface area contributed by atoms with E-state index in [4.69, 9.17) is 16.3 Å². The summed E-state index contributed by atoms with van der Waals surface area (Å²) in [6, 6.07) is 15.4. The van der Waals surface area contributed by atoms with Gasteiger partial charge in [0.1, 0.15) is 11.3 Å². The number of hydrogen-bond acceptors (Lipinski definition) is 6. The van der Waals surface area contributed by atoms with E-state index >= 15 is 0 Å². The Balaban J connectivity index is 1.46. The second-order valence-corrected chi connectivity index (χ2v) is 9.26. The Kier molecular flexibility index (Phi) is 7.11. The van der Waals surface area contributed by atoms with Crippen molar-refractivity contribution in [2.75, 3.05) is 24.3 Å². The third-order valence-electron chi connectivity index (χ3n) is 4.65. The van der Waals surface area contributed by atoms with E-state index in [1.54, 1.807) is 30.0 Å². The van der Waals surface area contributed by atoms with E-state index in [0.29, 0.717) is 35.4 Å². The third-order valence-corrected chi connectivity index (χ3v) is 7.01. The molecule has 31 heavy (non-hydrogen) atoms. The molecule has 0 unspecified atom stereocenters. The summed E-state index contributed by atoms with van der Waals surface area (Å²) in [5.74, 6) is 1.53. The van der Waals surface area contributed by atoms with E-state index in [2.05, 4.69) is 10.1 Å². The number of para-hydroxylation sites is 1. The molecule has 0 aliphatic heterocycles. The quantitative estimate of drug-likeness (QED) is 0.306. The molecule has 6 nitrogen and oxygen atoms in total. The summed E-state index contributed by atoms with van der Waals surface area (Å²) in [6.07, 6.45) is 4.02. The Morgan fingerprint density at radius 2 is 2.06 bits per heavy atom. The van der Waals surface area contributed by atoms with Crippen LogP contribution in [0.25, 0.3) is 10.2 Å². The molecule has 0 saturated heterocycles. The van der Waals surface area contributed by atoms with Gasteiger partial charge in [-0.2, -0.15) is 5.10 Å². The number of carbonyl (C=O) groups excluding carboxylic acids is 1. The first-order valence-electron chi connectivity index (χ1n) is 9.74. The first kappa shape index (κ1) is 21.7. The van der Waals surface area contributed by atoms with Crippen LogP contribution in [0.4, 0.5) is 5.13 Å². The van der Waals surface area contributed by atoms with Gasteiger partial charge in [-0.15, -0.1) is 11.8 Å². The van der Waals surface area contributed by atoms with Crippen molar-refractivity contribution in [2.24, 2.45) is 0 Å². The topological polar surface area (TPSA) is 60.2 Å². The lowest BCUT2D eigenvalue weighted by molar-refractivity contribution is -0.118. The molecule has 4 aromatic rings. The number of amides is 1. The first-order valence-corrected chi connectivity index (χ1v) is 11.9. The summed E-state index contributed by atoms with van der Waals surface area (Å²) < 4.78 is 7.97. The fourth-order valence-electron chi connectivity index (χ4n) is 3.04. The highest BCUT2D eigenvalue weighted by Gasteiger charge is 2.20. The molecule has 4 rings (SSSR count). The van der Waals surface area contributed by atoms with Crippen molar-refractivity contribution in [1.82, 2.24) is 14.8 Å². The molecule has 0 saturated carbocycles. The summed E-state index contributed by atoms with van der Waals surface area (Å²) in [4.78, 5) is 20.7. The Morgan fingerprint density at radius 3 is 2.77 bits per heavy atom. The number of benzene rings is 2. The number of methoxy groups -OCH3 is 1. The van der Waals surface area contributed by atoms with Crippen molar-refractivity contribution in [3.05, 3.63) is 65.9 Å². The summed E-state index contributed by atoms with van der Waals surface area (Å²) in [6.45, 7) is 1.08. The number of halogens is 1. The van der Waals surface area contributed by atoms with Gasteiger partial charge in [0.2, 0.25) is 5.91 Å². The lowest BCUT2D eigenvalue weighted by atomic mass is 10.3. The normalized spacial score (nSPS) is 11.0. The number of thiazole rings is 1. The predicted molar refractivity (Wildman–Crippen MR) is 128 cm³/mol. The van der Waals surface area contributed by atoms with Gasteiger partial charge in [0.25, 0.3) is 0 Å². The lowest BCUT2D eigenvalue weighted by Crippen LogP contribution is -2.34. The predicted octanol–water partition coefficient (Wildman–Crippen LogP) is 5.37. The Labute approximate surface area is 193 Å². The molecular weight excluding hydrogens is 452 g/mol. The number of fused-ring (bicyclic) bond motifs is 1. The van der Waals surface area contributed by atoms with Crippen LogP contribution in [0.5, 0.6) is 5.75 Å². The van der Waals surface area contributed by atoms with Gasteiger partial charge in [-0.3, -0.25) is 14.4 Å². The summed E-state index contributed by atoms with van der Waals surface area (Å²) in [7, 11) is 1.65. The summed E-state index contributed by atoms with van der Waals surface area (Å²) >= 11 is 9.42. The molecule has 2 heterocycles. The molecule has 0 aliphatic rings. The van der Waals surface area contributed by atoms with Gasteiger partial charge in [0, 0.05) is 36.0 Å². The Hall–Kier alpha value is -2.55. The first-order chi connectivity index (χ1) is 15.1. The van der Waals surface area contributed by atoms with Crippen molar-refractivity contribution in [2.45, 2.75) is 17.9 Å². The van der Waals surface area contributed by atoms with Crippen molar-refractivity contribution < 1.29 is 9.53 Å². The van der Waals surface area contributed by atoms with Gasteiger partial charge >= 0.3 is 0 Å². The van der Waals surface area contributed by atoms with Crippen LogP contribution >= 0.6 is 34.7 Å². The smallest absolute Gasteiger partial charge is 0.229 e. The molecule has 0 N–H and O–H groups in total. The minimum absolute atomic E-state index is 0.0309. The zero-order valence-electron chi connectivity index (χ0n) is 16.9. The zero-order valence-corrected chi connectivity index (χ0v) is 19.3. The van der Waals surface area contributed by atoms with Gasteiger partial charge in [-0.25, -0.2) is 4.98 Å². The number of carbonyl (C=O) groups is 1. The number of hydrogen-bond donors (Lipinski definition) is 0. The maximum atomic E-state index is 13.2. The van der Waals surface area contributed by atoms with Crippen LogP contribution in [-0.2, 0) is 11.3 Å². The molecule has 1 amide bonds. The second kappa shape index (κ2) is 10.2. The highest BCUT2D eigenvalue weighted by molar-refractivity contribution is 7.99. The van der Waals surface area contributed by atoms with E-state index in [1.165, 1.54) is 11.3 Å². The van der Waals surface area contributed by atoms with Gasteiger partial charge in [-0.1, -0.05) is 29.0 Å². The average molecular weight is 473 g/mol. The van der Waals surface area contributed by atoms with Crippen LogP contribution in [0.15, 0.2) is 65.8 Å². The van der Waals surface area contributed by atoms with Crippen molar-refractivity contribution in [1.29, 1.82) is 0 Å². The molecule has 0 spiro atoms. The largest absolute Gasteiger partial charge is 0.497 e. The molecule has 0 aliphatic carbocycles. The average Bonchev–Trinajstić information content (AvgIpc) is 3.45. The van der Waals surface area contributed by atoms with Crippen LogP contribution in [-0.4, -0.2) is 40.1 Å². The number of thioether (sulfide) groups is 1. The van der Waals surface area contributed by atoms with Crippen molar-refractivity contribution in [3.63, 3.8) is 0 Å². The van der Waals surface area contributed by atoms with E-state index in [1.807, 2.05) is 59.4 Å². The zero-order chi connectivity index (χ0) is 21.6. The second-order valence-electron chi connectivity index (χ2n) is 6.67. The van der Waals surface area contributed by atoms with E-state index < -0.39 is 0 Å². The Bertz CT molecular complexity index is 1150. The monoisotopic (exact) mass is 472 g/mol. The van der Waals surface area contributed by atoms with E-state index in [-0.39, 0.29) is 5.91 Å². The van der Waals surface area contributed by atoms with E-state index in [0.717, 1.165) is 20.9 Å². The molecule has 2 aromatic heterocycles. The number of ether oxygens (including phenoxy) is 1. The van der Waals surface area contributed by atoms with Gasteiger partial charge in [0.15, 0.2) is 5.13 Å². The van der Waals surface area contributed by atoms with Crippen molar-refractivity contribution >= 4 is 56.0 Å². The maximum Gasteiger partial charge on any atom is 0.229 e. The molecule has 0 fully saturated rings. The molecular formula is C22H21ClN4O2S2. The summed E-state index contributed by atoms with van der Waals surface area (Å²) in [5, 5.41) is 5.49. The fraction of sp³-hybridized carbons (Fsp3) is 0.227. The Morgan fingerprint density at radius 1 is 1.23 bits per heavy atom. The molecule has 160 valence electrons. The van der Waals surface area contributed by atoms with Crippen LogP contribution in [0.1, 0.15) is 6.42 Å². The van der Waals surface area contributed by atoms with Crippen LogP contribution in [0.2, 0.25) is 5.02 Å². The van der Waals surface area contributed by atoms with Gasteiger partial charge in [-0.05, 0) is 42.5 Å². The highest BCUT2D eigenvalue weighted by Crippen LogP contribution is 2.33. The number of anilines is 1. The molecule has 2 aromatic carbocycles. The number of rotatable bonds is 9. The molecule has 9 heteroatoms. The van der Waals surface area contributed by atoms with Crippen LogP contribution in [0.3, 0.4) is 0 Å². The summed E-state index contributed by atoms with van der Waals surface area (Å²) in [5.41, 5.74) is 0.730. The van der Waals surface area contributed by atoms with Gasteiger partial charge < -0.3 is 4.74 Å². The number of aromatic nitrogens is 3. The standard InChI is InChI=1S/C22H21ClN4O2S2/c1-29-16-6-8-17(9-7-16)30-15-10-20(28)27(14-13-26-12-3-11-24-26)22-25-21-18(23)4-2-5-19(21)31-22/h2-9,11-12H,10,13-15H2,1H3. The molecule has 0 atom stereocenters. The van der Waals surface area contributed by atoms with Crippen LogP contribution < -0.4 is 9.64 Å². The SMILES string of the molecule is COc1ccc(SCCC(=O)N(CCn2cccn2)c2nc3c(Cl)cccc3s2)cc1. The fourth-order valence-corrected chi connectivity index (χ4v) is 5.19. The van der Waals surface area contributed by atoms with E-state index in [9.17, 15) is 4.79 Å². The molecule has 0 bridgehead atoms. The van der Waals surface area contributed by atoms with Crippen LogP contribution in [0, 0.1) is 0 Å². The maximum absolute atomic E-state index is 13.2. The lowest BCUT2D eigenvalue weighted by Gasteiger charge is -2.20. The highest BCUT2D eigenvalue weighted by atomic mass is 35.5. The number of nitrogens with zero attached hydrogens (tertiary/aromatic N) is 4. The molecule has 0 radical (unpaired) electrons. The van der Waals surface area contributed by atoms with Crippen molar-refractivity contribution in [3.8, 4) is 5.75 Å². The van der Waals surface area contributed by atoms with Gasteiger partial charge in [0.05, 0.1) is 23.4 Å².